The number of carboxylic acid groups (broad SMARTS) is 2. The third kappa shape index (κ3) is 7.46. The Hall–Kier alpha value is -2.38. The fourth-order valence-electron chi connectivity index (χ4n) is 3.01. The number of aliphatic hydroxyl groups is 1. The minimum absolute atomic E-state index is 0.173. The van der Waals surface area contributed by atoms with Crippen LogP contribution in [0.3, 0.4) is 0 Å². The van der Waals surface area contributed by atoms with E-state index in [9.17, 15) is 34.2 Å². The molecule has 4 unspecified atom stereocenters. The van der Waals surface area contributed by atoms with Gasteiger partial charge in [-0.25, -0.2) is 4.79 Å². The number of nitrogens with one attached hydrogen (secondary N) is 2. The zero-order chi connectivity index (χ0) is 22.8. The first kappa shape index (κ1) is 25.7. The number of amides is 3. The lowest BCUT2D eigenvalue weighted by atomic mass is 10.1. The Balaban J connectivity index is 2.84. The first-order chi connectivity index (χ1) is 14.1. The predicted molar refractivity (Wildman–Crippen MR) is 107 cm³/mol. The smallest absolute Gasteiger partial charge is 0.326 e. The summed E-state index contributed by atoms with van der Waals surface area (Å²) in [5.74, 6) is -4.30. The summed E-state index contributed by atoms with van der Waals surface area (Å²) < 4.78 is 0. The Kier molecular flexibility index (Phi) is 10.6. The molecule has 13 heteroatoms. The highest BCUT2D eigenvalue weighted by Gasteiger charge is 2.38. The van der Waals surface area contributed by atoms with Crippen LogP contribution in [0.4, 0.5) is 0 Å². The molecule has 170 valence electrons. The zero-order valence-corrected chi connectivity index (χ0v) is 17.4. The van der Waals surface area contributed by atoms with E-state index in [0.29, 0.717) is 12.2 Å². The quantitative estimate of drug-likeness (QED) is 0.187. The van der Waals surface area contributed by atoms with Gasteiger partial charge in [-0.2, -0.15) is 11.8 Å². The van der Waals surface area contributed by atoms with Gasteiger partial charge in [-0.1, -0.05) is 0 Å². The van der Waals surface area contributed by atoms with Crippen LogP contribution in [0.25, 0.3) is 0 Å². The van der Waals surface area contributed by atoms with Gasteiger partial charge in [0.15, 0.2) is 0 Å². The number of carbonyl (C=O) groups is 5. The second kappa shape index (κ2) is 12.3. The van der Waals surface area contributed by atoms with E-state index < -0.39 is 66.9 Å². The first-order valence-electron chi connectivity index (χ1n) is 9.33. The number of likely N-dealkylation sites (tertiary alicyclic amines) is 1. The molecule has 0 aromatic heterocycles. The number of carboxylic acids is 2. The topological polar surface area (TPSA) is 199 Å². The fraction of sp³-hybridized carbons (Fsp3) is 0.706. The van der Waals surface area contributed by atoms with E-state index in [1.165, 1.54) is 11.8 Å². The minimum Gasteiger partial charge on any atom is -0.481 e. The van der Waals surface area contributed by atoms with E-state index in [2.05, 4.69) is 10.6 Å². The van der Waals surface area contributed by atoms with Crippen LogP contribution in [-0.2, 0) is 24.0 Å². The number of nitrogens with two attached hydrogens (primary N) is 1. The third-order valence-corrected chi connectivity index (χ3v) is 5.24. The lowest BCUT2D eigenvalue weighted by Gasteiger charge is -2.28. The maximum absolute atomic E-state index is 12.6. The number of rotatable bonds is 12. The van der Waals surface area contributed by atoms with Crippen LogP contribution in [0, 0.1) is 0 Å². The van der Waals surface area contributed by atoms with Gasteiger partial charge >= 0.3 is 11.9 Å². The second-order valence-corrected chi connectivity index (χ2v) is 7.80. The van der Waals surface area contributed by atoms with Crippen LogP contribution in [0.1, 0.15) is 25.7 Å². The van der Waals surface area contributed by atoms with E-state index in [-0.39, 0.29) is 19.4 Å². The largest absolute Gasteiger partial charge is 0.481 e. The second-order valence-electron chi connectivity index (χ2n) is 6.82. The highest BCUT2D eigenvalue weighted by molar-refractivity contribution is 7.98. The van der Waals surface area contributed by atoms with Gasteiger partial charge in [-0.05, 0) is 31.3 Å². The highest BCUT2D eigenvalue weighted by atomic mass is 32.2. The van der Waals surface area contributed by atoms with Crippen LogP contribution in [0.5, 0.6) is 0 Å². The standard InChI is InChI=1S/C17H28N4O8S/c1-30-6-4-10(19-14(25)9(18)7-13(23)24)15(26)20-11(8-22)16(27)21-5-2-3-12(21)17(28)29/h9-12,22H,2-8,18H2,1H3,(H,19,25)(H,20,26)(H,23,24)(H,28,29). The van der Waals surface area contributed by atoms with E-state index in [4.69, 9.17) is 10.8 Å². The van der Waals surface area contributed by atoms with Gasteiger partial charge in [-0.15, -0.1) is 0 Å². The minimum atomic E-state index is -1.38. The molecule has 0 aliphatic carbocycles. The van der Waals surface area contributed by atoms with Crippen molar-refractivity contribution in [3.63, 3.8) is 0 Å². The lowest BCUT2D eigenvalue weighted by molar-refractivity contribution is -0.150. The molecule has 0 aromatic carbocycles. The van der Waals surface area contributed by atoms with Crippen molar-refractivity contribution < 1.29 is 39.3 Å². The molecule has 1 fully saturated rings. The molecular weight excluding hydrogens is 420 g/mol. The Morgan fingerprint density at radius 3 is 2.30 bits per heavy atom. The normalized spacial score (nSPS) is 18.9. The molecule has 1 rings (SSSR count). The Morgan fingerprint density at radius 1 is 1.13 bits per heavy atom. The van der Waals surface area contributed by atoms with E-state index in [1.54, 1.807) is 6.26 Å². The van der Waals surface area contributed by atoms with E-state index >= 15 is 0 Å². The van der Waals surface area contributed by atoms with Crippen LogP contribution in [0.2, 0.25) is 0 Å². The maximum Gasteiger partial charge on any atom is 0.326 e. The van der Waals surface area contributed by atoms with Crippen molar-refractivity contribution in [3.05, 3.63) is 0 Å². The average Bonchev–Trinajstić information content (AvgIpc) is 3.17. The molecule has 30 heavy (non-hydrogen) atoms. The number of hydrogen-bond donors (Lipinski definition) is 6. The van der Waals surface area contributed by atoms with Crippen molar-refractivity contribution in [2.45, 2.75) is 49.9 Å². The van der Waals surface area contributed by atoms with Gasteiger partial charge in [0, 0.05) is 6.54 Å². The van der Waals surface area contributed by atoms with Crippen molar-refractivity contribution in [2.24, 2.45) is 5.73 Å². The molecule has 0 saturated carbocycles. The van der Waals surface area contributed by atoms with Crippen LogP contribution in [0.15, 0.2) is 0 Å². The molecule has 1 heterocycles. The number of hydrogen-bond acceptors (Lipinski definition) is 8. The molecular formula is C17H28N4O8S. The molecule has 1 aliphatic heterocycles. The molecule has 7 N–H and O–H groups in total. The van der Waals surface area contributed by atoms with Gasteiger partial charge in [-0.3, -0.25) is 19.2 Å². The number of carbonyl (C=O) groups excluding carboxylic acids is 3. The van der Waals surface area contributed by atoms with Crippen molar-refractivity contribution in [2.75, 3.05) is 25.2 Å². The van der Waals surface area contributed by atoms with Gasteiger partial charge < -0.3 is 36.6 Å². The third-order valence-electron chi connectivity index (χ3n) is 4.59. The number of thioether (sulfide) groups is 1. The maximum atomic E-state index is 12.6. The lowest BCUT2D eigenvalue weighted by Crippen LogP contribution is -2.58. The van der Waals surface area contributed by atoms with Crippen molar-refractivity contribution in [1.29, 1.82) is 0 Å². The van der Waals surface area contributed by atoms with Crippen molar-refractivity contribution in [3.8, 4) is 0 Å². The summed E-state index contributed by atoms with van der Waals surface area (Å²) in [5, 5.41) is 32.2. The first-order valence-corrected chi connectivity index (χ1v) is 10.7. The predicted octanol–water partition coefficient (Wildman–Crippen LogP) is -2.42. The summed E-state index contributed by atoms with van der Waals surface area (Å²) >= 11 is 1.40. The Bertz CT molecular complexity index is 662. The number of aliphatic hydroxyl groups excluding tert-OH is 1. The highest BCUT2D eigenvalue weighted by Crippen LogP contribution is 2.18. The van der Waals surface area contributed by atoms with Crippen LogP contribution >= 0.6 is 11.8 Å². The molecule has 0 bridgehead atoms. The molecule has 1 aliphatic rings. The summed E-state index contributed by atoms with van der Waals surface area (Å²) in [6.45, 7) is -0.562. The Labute approximate surface area is 177 Å². The molecule has 0 spiro atoms. The Morgan fingerprint density at radius 2 is 1.77 bits per heavy atom. The fourth-order valence-corrected chi connectivity index (χ4v) is 3.48. The summed E-state index contributed by atoms with van der Waals surface area (Å²) in [5.41, 5.74) is 5.51. The monoisotopic (exact) mass is 448 g/mol. The van der Waals surface area contributed by atoms with Crippen molar-refractivity contribution in [1.82, 2.24) is 15.5 Å². The van der Waals surface area contributed by atoms with Crippen LogP contribution in [-0.4, -0.2) is 99.2 Å². The van der Waals surface area contributed by atoms with E-state index in [0.717, 1.165) is 4.90 Å². The molecule has 3 amide bonds. The van der Waals surface area contributed by atoms with Gasteiger partial charge in [0.2, 0.25) is 17.7 Å². The summed E-state index contributed by atoms with van der Waals surface area (Å²) in [4.78, 5) is 60.5. The molecule has 0 radical (unpaired) electrons. The number of aliphatic carboxylic acids is 2. The molecule has 1 saturated heterocycles. The summed E-state index contributed by atoms with van der Waals surface area (Å²) in [6, 6.07) is -4.87. The van der Waals surface area contributed by atoms with Gasteiger partial charge in [0.05, 0.1) is 19.1 Å². The SMILES string of the molecule is CSCCC(NC(=O)C(N)CC(=O)O)C(=O)NC(CO)C(=O)N1CCCC1C(=O)O. The number of nitrogens with zero attached hydrogens (tertiary/aromatic N) is 1. The average molecular weight is 448 g/mol. The summed E-state index contributed by atoms with van der Waals surface area (Å²) in [6.07, 6.45) is 2.11. The van der Waals surface area contributed by atoms with Gasteiger partial charge in [0.25, 0.3) is 0 Å². The molecule has 0 aromatic rings. The van der Waals surface area contributed by atoms with Crippen molar-refractivity contribution >= 4 is 41.4 Å². The van der Waals surface area contributed by atoms with Crippen LogP contribution < -0.4 is 16.4 Å². The molecule has 4 atom stereocenters. The molecule has 12 nitrogen and oxygen atoms in total. The van der Waals surface area contributed by atoms with E-state index in [1.807, 2.05) is 0 Å². The summed E-state index contributed by atoms with van der Waals surface area (Å²) in [7, 11) is 0. The zero-order valence-electron chi connectivity index (χ0n) is 16.6. The van der Waals surface area contributed by atoms with Gasteiger partial charge in [0.1, 0.15) is 18.1 Å².